The molecule has 38 heavy (non-hydrogen) atoms. The number of hydrogen-bond donors (Lipinski definition) is 2. The molecule has 2 aromatic carbocycles. The molecule has 2 N–H and O–H groups in total. The highest BCUT2D eigenvalue weighted by Gasteiger charge is 2.34. The van der Waals surface area contributed by atoms with Crippen LogP contribution in [-0.2, 0) is 27.8 Å². The lowest BCUT2D eigenvalue weighted by molar-refractivity contribution is 0.0962. The van der Waals surface area contributed by atoms with Gasteiger partial charge in [-0.05, 0) is 43.0 Å². The van der Waals surface area contributed by atoms with Crippen molar-refractivity contribution in [2.45, 2.75) is 52.3 Å². The van der Waals surface area contributed by atoms with Gasteiger partial charge in [0.15, 0.2) is 23.1 Å². The van der Waals surface area contributed by atoms with Gasteiger partial charge >= 0.3 is 0 Å². The van der Waals surface area contributed by atoms with Crippen LogP contribution in [0, 0.1) is 11.2 Å². The third-order valence-electron chi connectivity index (χ3n) is 5.94. The quantitative estimate of drug-likeness (QED) is 0.284. The molecule has 0 aromatic heterocycles. The number of methoxy groups -OCH3 is 1. The minimum absolute atomic E-state index is 0. The maximum atomic E-state index is 15.4. The molecule has 0 aliphatic carbocycles. The van der Waals surface area contributed by atoms with Crippen molar-refractivity contribution in [3.63, 3.8) is 0 Å². The first-order chi connectivity index (χ1) is 17.2. The Morgan fingerprint density at radius 1 is 1.13 bits per heavy atom. The van der Waals surface area contributed by atoms with Gasteiger partial charge in [0.25, 0.3) is 10.1 Å². The van der Waals surface area contributed by atoms with Crippen molar-refractivity contribution >= 4 is 38.7 Å². The van der Waals surface area contributed by atoms with E-state index in [1.54, 1.807) is 26.0 Å². The second-order valence-corrected chi connectivity index (χ2v) is 11.2. The van der Waals surface area contributed by atoms with E-state index in [4.69, 9.17) is 19.6 Å². The lowest BCUT2D eigenvalue weighted by atomic mass is 9.83. The number of carbonyl (C=O) groups is 1. The summed E-state index contributed by atoms with van der Waals surface area (Å²) < 4.78 is 64.6. The number of rotatable bonds is 10. The molecule has 0 radical (unpaired) electrons. The fourth-order valence-corrected chi connectivity index (χ4v) is 4.98. The zero-order valence-corrected chi connectivity index (χ0v) is 24.8. The van der Waals surface area contributed by atoms with Crippen molar-refractivity contribution in [2.24, 2.45) is 0 Å². The van der Waals surface area contributed by atoms with Crippen molar-refractivity contribution in [3.05, 3.63) is 51.8 Å². The van der Waals surface area contributed by atoms with E-state index in [9.17, 15) is 17.8 Å². The van der Waals surface area contributed by atoms with E-state index in [0.717, 1.165) is 0 Å². The molecule has 0 fully saturated rings. The third kappa shape index (κ3) is 6.65. The van der Waals surface area contributed by atoms with Gasteiger partial charge < -0.3 is 19.1 Å². The van der Waals surface area contributed by atoms with E-state index in [1.165, 1.54) is 18.1 Å². The molecule has 0 bridgehead atoms. The van der Waals surface area contributed by atoms with Gasteiger partial charge in [-0.25, -0.2) is 4.39 Å². The number of Topliss-reactive ketones (excluding diaryl/α,β-unsaturated/α-hetero) is 1. The lowest BCUT2D eigenvalue weighted by Gasteiger charge is -2.25. The van der Waals surface area contributed by atoms with Crippen molar-refractivity contribution in [3.8, 4) is 17.2 Å². The van der Waals surface area contributed by atoms with E-state index in [1.807, 2.05) is 20.8 Å². The fourth-order valence-electron chi connectivity index (χ4n) is 4.38. The highest BCUT2D eigenvalue weighted by Crippen LogP contribution is 2.40. The number of ketones is 1. The zero-order chi connectivity index (χ0) is 27.7. The Labute approximate surface area is 233 Å². The van der Waals surface area contributed by atoms with Crippen molar-refractivity contribution in [2.75, 3.05) is 26.9 Å². The molecule has 0 spiro atoms. The number of carbonyl (C=O) groups excluding carboxylic acids is 1. The molecule has 12 heteroatoms. The number of benzene rings is 2. The fraction of sp³-hybridized carbons (Fsp3) is 0.462. The number of nitrogens with zero attached hydrogens (tertiary/aromatic N) is 1. The van der Waals surface area contributed by atoms with Gasteiger partial charge in [-0.15, -0.1) is 17.0 Å². The first kappa shape index (κ1) is 31.5. The molecule has 2 aromatic rings. The van der Waals surface area contributed by atoms with Crippen molar-refractivity contribution < 1.29 is 36.4 Å². The van der Waals surface area contributed by atoms with Gasteiger partial charge in [0.2, 0.25) is 0 Å². The monoisotopic (exact) mass is 616 g/mol. The SMILES string of the molecule is Br.CCOc1cc2c(c(F)c1OCC)C(=N)N(CC(=O)c1cc(CS(=O)(=O)O)c(OC)c(C(C)(C)C)c1)C2. The van der Waals surface area contributed by atoms with Crippen LogP contribution in [0.5, 0.6) is 17.2 Å². The molecule has 1 heterocycles. The highest BCUT2D eigenvalue weighted by molar-refractivity contribution is 8.93. The lowest BCUT2D eigenvalue weighted by Crippen LogP contribution is -2.31. The topological polar surface area (TPSA) is 126 Å². The third-order valence-corrected chi connectivity index (χ3v) is 6.62. The van der Waals surface area contributed by atoms with Crippen LogP contribution < -0.4 is 14.2 Å². The predicted octanol–water partition coefficient (Wildman–Crippen LogP) is 4.92. The highest BCUT2D eigenvalue weighted by atomic mass is 79.9. The number of nitrogens with one attached hydrogen (secondary N) is 1. The van der Waals surface area contributed by atoms with E-state index in [0.29, 0.717) is 17.7 Å². The summed E-state index contributed by atoms with van der Waals surface area (Å²) in [6, 6.07) is 4.63. The molecule has 0 amide bonds. The molecule has 9 nitrogen and oxygen atoms in total. The standard InChI is InChI=1S/C26H33FN2O7S.BrH/c1-7-35-20-11-16-12-29(25(28)21(16)22(27)24(20)36-8-2)13-19(30)15-9-17(14-37(31,32)33)23(34-6)18(10-15)26(3,4)5;/h9-11,28H,7-8,12-14H2,1-6H3,(H,31,32,33);1H. The number of ether oxygens (including phenoxy) is 3. The molecule has 0 unspecified atom stereocenters. The summed E-state index contributed by atoms with van der Waals surface area (Å²) in [6.07, 6.45) is 0. The Kier molecular flexibility index (Phi) is 9.95. The Morgan fingerprint density at radius 2 is 1.76 bits per heavy atom. The Morgan fingerprint density at radius 3 is 2.29 bits per heavy atom. The average molecular weight is 618 g/mol. The van der Waals surface area contributed by atoms with Crippen LogP contribution in [0.3, 0.4) is 0 Å². The van der Waals surface area contributed by atoms with Crippen LogP contribution in [0.4, 0.5) is 4.39 Å². The molecule has 0 saturated heterocycles. The molecule has 0 saturated carbocycles. The van der Waals surface area contributed by atoms with Crippen LogP contribution in [0.1, 0.15) is 67.2 Å². The largest absolute Gasteiger partial charge is 0.496 e. The minimum Gasteiger partial charge on any atom is -0.496 e. The van der Waals surface area contributed by atoms with Crippen LogP contribution >= 0.6 is 17.0 Å². The van der Waals surface area contributed by atoms with E-state index >= 15 is 4.39 Å². The molecule has 1 aliphatic heterocycles. The van der Waals surface area contributed by atoms with E-state index in [-0.39, 0.29) is 76.5 Å². The Bertz CT molecular complexity index is 1340. The summed E-state index contributed by atoms with van der Waals surface area (Å²) in [4.78, 5) is 14.8. The van der Waals surface area contributed by atoms with Gasteiger partial charge in [0, 0.05) is 23.2 Å². The first-order valence-corrected chi connectivity index (χ1v) is 13.5. The second kappa shape index (κ2) is 12.0. The molecular formula is C26H34BrFN2O7S. The smallest absolute Gasteiger partial charge is 0.269 e. The number of halogens is 2. The number of fused-ring (bicyclic) bond motifs is 1. The summed E-state index contributed by atoms with van der Waals surface area (Å²) in [5, 5.41) is 8.56. The van der Waals surface area contributed by atoms with Gasteiger partial charge in [-0.3, -0.25) is 14.8 Å². The Balaban J connectivity index is 0.00000507. The maximum Gasteiger partial charge on any atom is 0.269 e. The molecule has 3 rings (SSSR count). The zero-order valence-electron chi connectivity index (χ0n) is 22.3. The number of amidine groups is 1. The van der Waals surface area contributed by atoms with Crippen LogP contribution in [0.2, 0.25) is 0 Å². The molecule has 1 aliphatic rings. The minimum atomic E-state index is -4.41. The molecular weight excluding hydrogens is 583 g/mol. The first-order valence-electron chi connectivity index (χ1n) is 11.9. The van der Waals surface area contributed by atoms with E-state index < -0.39 is 32.9 Å². The van der Waals surface area contributed by atoms with Crippen molar-refractivity contribution in [1.82, 2.24) is 4.90 Å². The molecule has 210 valence electrons. The summed E-state index contributed by atoms with van der Waals surface area (Å²) >= 11 is 0. The summed E-state index contributed by atoms with van der Waals surface area (Å²) in [6.45, 7) is 9.53. The van der Waals surface area contributed by atoms with Gasteiger partial charge in [0.1, 0.15) is 17.3 Å². The summed E-state index contributed by atoms with van der Waals surface area (Å²) in [5.74, 6) is -1.56. The second-order valence-electron chi connectivity index (χ2n) is 9.74. The predicted molar refractivity (Wildman–Crippen MR) is 148 cm³/mol. The van der Waals surface area contributed by atoms with Crippen molar-refractivity contribution in [1.29, 1.82) is 5.41 Å². The Hall–Kier alpha value is -2.70. The van der Waals surface area contributed by atoms with E-state index in [2.05, 4.69) is 0 Å². The van der Waals surface area contributed by atoms with Crippen LogP contribution in [0.25, 0.3) is 0 Å². The summed E-state index contributed by atoms with van der Waals surface area (Å²) in [5.41, 5.74) is 0.970. The normalized spacial score (nSPS) is 13.2. The molecule has 0 atom stereocenters. The van der Waals surface area contributed by atoms with Gasteiger partial charge in [-0.1, -0.05) is 20.8 Å². The summed E-state index contributed by atoms with van der Waals surface area (Å²) in [7, 11) is -3.01. The average Bonchev–Trinajstić information content (AvgIpc) is 3.09. The number of hydrogen-bond acceptors (Lipinski definition) is 7. The van der Waals surface area contributed by atoms with Gasteiger partial charge in [0.05, 0.1) is 32.4 Å². The van der Waals surface area contributed by atoms with Crippen LogP contribution in [-0.4, -0.2) is 56.4 Å². The van der Waals surface area contributed by atoms with Crippen LogP contribution in [0.15, 0.2) is 18.2 Å². The maximum absolute atomic E-state index is 15.4. The van der Waals surface area contributed by atoms with Gasteiger partial charge in [-0.2, -0.15) is 8.42 Å².